The molecule has 2 atom stereocenters. The van der Waals surface area contributed by atoms with Crippen molar-refractivity contribution in [3.8, 4) is 0 Å². The molecule has 0 amide bonds. The number of unbranched alkanes of at least 4 members (excludes halogenated alkanes) is 16. The summed E-state index contributed by atoms with van der Waals surface area (Å²) in [6.45, 7) is 4.82. The zero-order valence-corrected chi connectivity index (χ0v) is 24.3. The highest BCUT2D eigenvalue weighted by atomic mass is 31.2. The summed E-state index contributed by atoms with van der Waals surface area (Å²) in [5.41, 5.74) is 0. The average molecular weight is 520 g/mol. The van der Waals surface area contributed by atoms with Crippen molar-refractivity contribution < 1.29 is 23.3 Å². The summed E-state index contributed by atoms with van der Waals surface area (Å²) in [6, 6.07) is 0. The first-order valence-electron chi connectivity index (χ1n) is 14.7. The van der Waals surface area contributed by atoms with Crippen molar-refractivity contribution >= 4 is 13.6 Å². The Kier molecular flexibility index (Phi) is 25.2. The molecule has 0 saturated heterocycles. The smallest absolute Gasteiger partial charge is 0.320 e. The highest BCUT2D eigenvalue weighted by Crippen LogP contribution is 2.44. The second-order valence-electron chi connectivity index (χ2n) is 10.3. The van der Waals surface area contributed by atoms with Crippen LogP contribution in [0.1, 0.15) is 142 Å². The molecule has 0 radical (unpaired) electrons. The summed E-state index contributed by atoms with van der Waals surface area (Å²) < 4.78 is 22.2. The van der Waals surface area contributed by atoms with E-state index in [4.69, 9.17) is 9.05 Å². The number of hydrogen-bond donors (Lipinski definition) is 2. The topological polar surface area (TPSA) is 84.9 Å². The molecular formula is C28H58NO5P. The average Bonchev–Trinajstić information content (AvgIpc) is 2.82. The van der Waals surface area contributed by atoms with E-state index in [1.165, 1.54) is 96.3 Å². The normalized spacial score (nSPS) is 14.2. The van der Waals surface area contributed by atoms with Gasteiger partial charge in [0.25, 0.3) is 0 Å². The molecule has 0 spiro atoms. The molecule has 0 aromatic rings. The number of rotatable bonds is 28. The van der Waals surface area contributed by atoms with E-state index in [9.17, 15) is 14.3 Å². The van der Waals surface area contributed by atoms with Gasteiger partial charge in [0.2, 0.25) is 0 Å². The fourth-order valence-electron chi connectivity index (χ4n) is 4.47. The molecule has 0 aromatic heterocycles. The van der Waals surface area contributed by atoms with Gasteiger partial charge in [-0.05, 0) is 39.3 Å². The lowest BCUT2D eigenvalue weighted by atomic mass is 9.96. The molecule has 2 N–H and O–H groups in total. The van der Waals surface area contributed by atoms with Crippen molar-refractivity contribution in [2.45, 2.75) is 142 Å². The second-order valence-corrected chi connectivity index (χ2v) is 11.7. The van der Waals surface area contributed by atoms with Crippen LogP contribution < -0.4 is 5.32 Å². The van der Waals surface area contributed by atoms with Crippen LogP contribution in [0.3, 0.4) is 0 Å². The zero-order chi connectivity index (χ0) is 26.0. The summed E-state index contributed by atoms with van der Waals surface area (Å²) in [5.74, 6) is 0.0681. The third-order valence-corrected chi connectivity index (χ3v) is 7.58. The Balaban J connectivity index is 3.67. The van der Waals surface area contributed by atoms with Crippen LogP contribution in [0, 0.1) is 5.92 Å². The molecule has 0 aliphatic heterocycles. The van der Waals surface area contributed by atoms with Crippen molar-refractivity contribution in [3.63, 3.8) is 0 Å². The van der Waals surface area contributed by atoms with Gasteiger partial charge in [0, 0.05) is 6.42 Å². The van der Waals surface area contributed by atoms with Crippen LogP contribution in [-0.2, 0) is 18.4 Å². The third kappa shape index (κ3) is 26.6. The van der Waals surface area contributed by atoms with Gasteiger partial charge in [-0.15, -0.1) is 0 Å². The van der Waals surface area contributed by atoms with Gasteiger partial charge in [-0.3, -0.25) is 9.05 Å². The number of ketones is 1. The predicted octanol–water partition coefficient (Wildman–Crippen LogP) is 8.37. The van der Waals surface area contributed by atoms with Crippen LogP contribution in [0.2, 0.25) is 0 Å². The summed E-state index contributed by atoms with van der Waals surface area (Å²) >= 11 is 0. The van der Waals surface area contributed by atoms with Crippen molar-refractivity contribution in [2.24, 2.45) is 5.92 Å². The minimum atomic E-state index is -4.05. The molecule has 7 heteroatoms. The molecule has 6 nitrogen and oxygen atoms in total. The molecule has 0 aliphatic rings. The predicted molar refractivity (Wildman–Crippen MR) is 148 cm³/mol. The van der Waals surface area contributed by atoms with E-state index in [1.54, 1.807) is 6.92 Å². The fraction of sp³-hybridized carbons (Fsp3) is 0.964. The molecule has 210 valence electrons. The molecular weight excluding hydrogens is 461 g/mol. The van der Waals surface area contributed by atoms with E-state index < -0.39 is 7.82 Å². The second kappa shape index (κ2) is 25.4. The first-order valence-corrected chi connectivity index (χ1v) is 16.2. The zero-order valence-electron chi connectivity index (χ0n) is 23.4. The van der Waals surface area contributed by atoms with E-state index >= 15 is 0 Å². The van der Waals surface area contributed by atoms with E-state index in [-0.39, 0.29) is 24.9 Å². The van der Waals surface area contributed by atoms with Gasteiger partial charge in [-0.1, -0.05) is 116 Å². The lowest BCUT2D eigenvalue weighted by Crippen LogP contribution is -2.14. The summed E-state index contributed by atoms with van der Waals surface area (Å²) in [6.07, 6.45) is 24.6. The summed E-state index contributed by atoms with van der Waals surface area (Å²) in [4.78, 5) is 21.4. The van der Waals surface area contributed by atoms with Gasteiger partial charge >= 0.3 is 7.82 Å². The Bertz CT molecular complexity index is 518. The number of nitrogens with one attached hydrogen (secondary N) is 1. The number of phosphoric ester groups is 1. The molecule has 0 fully saturated rings. The van der Waals surface area contributed by atoms with Crippen molar-refractivity contribution in [1.82, 2.24) is 5.32 Å². The molecule has 2 unspecified atom stereocenters. The van der Waals surface area contributed by atoms with Crippen molar-refractivity contribution in [3.05, 3.63) is 0 Å². The van der Waals surface area contributed by atoms with Crippen LogP contribution in [0.4, 0.5) is 0 Å². The van der Waals surface area contributed by atoms with Gasteiger partial charge in [-0.2, -0.15) is 0 Å². The maximum atomic E-state index is 12.0. The van der Waals surface area contributed by atoms with Crippen molar-refractivity contribution in [2.75, 3.05) is 26.8 Å². The fourth-order valence-corrected chi connectivity index (χ4v) is 5.31. The Morgan fingerprint density at radius 3 is 1.66 bits per heavy atom. The number of hydrogen-bond acceptors (Lipinski definition) is 5. The van der Waals surface area contributed by atoms with Gasteiger partial charge in [0.05, 0.1) is 13.2 Å². The lowest BCUT2D eigenvalue weighted by Gasteiger charge is -2.18. The Morgan fingerprint density at radius 1 is 0.771 bits per heavy atom. The van der Waals surface area contributed by atoms with Crippen LogP contribution in [-0.4, -0.2) is 37.5 Å². The third-order valence-electron chi connectivity index (χ3n) is 6.59. The molecule has 0 rings (SSSR count). The molecule has 0 aromatic carbocycles. The van der Waals surface area contributed by atoms with Crippen LogP contribution in [0.25, 0.3) is 0 Å². The quantitative estimate of drug-likeness (QED) is 0.0798. The molecule has 0 saturated carbocycles. The standard InChI is InChI=1S/C28H58NO5P/c1-4-5-6-7-8-9-10-11-12-13-14-15-16-17-18-19-20-22-28(25-27(2)30)26-34-35(31,32)33-24-21-23-29-3/h28-29H,4-26H2,1-3H3,(H,31,32). The first kappa shape index (κ1) is 34.7. The number of carbonyl (C=O) groups excluding carboxylic acids is 1. The SMILES string of the molecule is CCCCCCCCCCCCCCCCCCCC(COP(=O)(O)OCCCNC)CC(C)=O. The molecule has 0 heterocycles. The minimum absolute atomic E-state index is 0.0229. The van der Waals surface area contributed by atoms with Gasteiger partial charge < -0.3 is 15.0 Å². The van der Waals surface area contributed by atoms with Crippen LogP contribution in [0.15, 0.2) is 0 Å². The van der Waals surface area contributed by atoms with Crippen LogP contribution in [0.5, 0.6) is 0 Å². The highest BCUT2D eigenvalue weighted by molar-refractivity contribution is 7.47. The van der Waals surface area contributed by atoms with E-state index in [0.29, 0.717) is 19.4 Å². The first-order chi connectivity index (χ1) is 16.9. The monoisotopic (exact) mass is 519 g/mol. The van der Waals surface area contributed by atoms with Crippen molar-refractivity contribution in [1.29, 1.82) is 0 Å². The summed E-state index contributed by atoms with van der Waals surface area (Å²) in [7, 11) is -2.23. The van der Waals surface area contributed by atoms with Gasteiger partial charge in [0.15, 0.2) is 0 Å². The number of phosphoric acid groups is 1. The van der Waals surface area contributed by atoms with E-state index in [2.05, 4.69) is 12.2 Å². The van der Waals surface area contributed by atoms with Gasteiger partial charge in [-0.25, -0.2) is 4.57 Å². The molecule has 35 heavy (non-hydrogen) atoms. The maximum absolute atomic E-state index is 12.0. The van der Waals surface area contributed by atoms with E-state index in [1.807, 2.05) is 7.05 Å². The van der Waals surface area contributed by atoms with Gasteiger partial charge in [0.1, 0.15) is 5.78 Å². The highest BCUT2D eigenvalue weighted by Gasteiger charge is 2.23. The largest absolute Gasteiger partial charge is 0.472 e. The Hall–Kier alpha value is -0.260. The maximum Gasteiger partial charge on any atom is 0.472 e. The molecule has 0 bridgehead atoms. The number of Topliss-reactive ketones (excluding diaryl/α,β-unsaturated/α-hetero) is 1. The lowest BCUT2D eigenvalue weighted by molar-refractivity contribution is -0.118. The van der Waals surface area contributed by atoms with E-state index in [0.717, 1.165) is 19.3 Å². The summed E-state index contributed by atoms with van der Waals surface area (Å²) in [5, 5.41) is 2.96. The Labute approximate surface area is 217 Å². The van der Waals surface area contributed by atoms with Crippen LogP contribution >= 0.6 is 7.82 Å². The Morgan fingerprint density at radius 2 is 1.23 bits per heavy atom. The molecule has 0 aliphatic carbocycles. The number of carbonyl (C=O) groups is 1. The minimum Gasteiger partial charge on any atom is -0.320 e.